The first kappa shape index (κ1) is 16.4. The molecule has 1 aromatic heterocycles. The summed E-state index contributed by atoms with van der Waals surface area (Å²) in [6, 6.07) is 0.643. The van der Waals surface area contributed by atoms with E-state index in [2.05, 4.69) is 34.4 Å². The summed E-state index contributed by atoms with van der Waals surface area (Å²) in [5.74, 6) is 0.877. The molecule has 1 atom stereocenters. The van der Waals surface area contributed by atoms with Crippen molar-refractivity contribution < 1.29 is 4.74 Å². The maximum Gasteiger partial charge on any atom is 0.0964 e. The molecule has 1 unspecified atom stereocenters. The molecule has 0 amide bonds. The predicted molar refractivity (Wildman–Crippen MR) is 83.0 cm³/mol. The van der Waals surface area contributed by atoms with E-state index >= 15 is 0 Å². The first-order valence-corrected chi connectivity index (χ1v) is 8.07. The molecule has 0 bridgehead atoms. The molecule has 1 aromatic rings. The molecule has 1 N–H and O–H groups in total. The molecule has 0 spiro atoms. The second kappa shape index (κ2) is 8.46. The lowest BCUT2D eigenvalue weighted by Gasteiger charge is -2.28. The third kappa shape index (κ3) is 5.37. The zero-order valence-corrected chi connectivity index (χ0v) is 13.6. The SMILES string of the molecule is CCNCc1cn(CCN(CCOC)C(C)C2CC2)nn1. The molecule has 0 aliphatic heterocycles. The second-order valence-corrected chi connectivity index (χ2v) is 5.86. The Hall–Kier alpha value is -0.980. The van der Waals surface area contributed by atoms with Gasteiger partial charge in [-0.1, -0.05) is 12.1 Å². The average molecular weight is 295 g/mol. The van der Waals surface area contributed by atoms with Gasteiger partial charge in [-0.15, -0.1) is 5.10 Å². The molecule has 0 aromatic carbocycles. The highest BCUT2D eigenvalue weighted by molar-refractivity contribution is 4.91. The van der Waals surface area contributed by atoms with Gasteiger partial charge in [0.2, 0.25) is 0 Å². The fourth-order valence-electron chi connectivity index (χ4n) is 2.62. The standard InChI is InChI=1S/C15H29N5O/c1-4-16-11-15-12-20(18-17-15)8-7-19(9-10-21-3)13(2)14-5-6-14/h12-14,16H,4-11H2,1-3H3. The van der Waals surface area contributed by atoms with Crippen molar-refractivity contribution in [1.82, 2.24) is 25.2 Å². The molecule has 1 aliphatic rings. The Balaban J connectivity index is 1.80. The van der Waals surface area contributed by atoms with Crippen LogP contribution in [0.5, 0.6) is 0 Å². The summed E-state index contributed by atoms with van der Waals surface area (Å²) in [5, 5.41) is 11.7. The van der Waals surface area contributed by atoms with Gasteiger partial charge in [0.25, 0.3) is 0 Å². The van der Waals surface area contributed by atoms with Crippen molar-refractivity contribution in [2.75, 3.05) is 33.4 Å². The van der Waals surface area contributed by atoms with E-state index in [-0.39, 0.29) is 0 Å². The van der Waals surface area contributed by atoms with Crippen LogP contribution in [0.4, 0.5) is 0 Å². The summed E-state index contributed by atoms with van der Waals surface area (Å²) >= 11 is 0. The van der Waals surface area contributed by atoms with Crippen LogP contribution in [0.25, 0.3) is 0 Å². The van der Waals surface area contributed by atoms with E-state index < -0.39 is 0 Å². The molecule has 2 rings (SSSR count). The number of nitrogens with zero attached hydrogens (tertiary/aromatic N) is 4. The molecule has 6 heteroatoms. The molecule has 1 fully saturated rings. The molecule has 120 valence electrons. The molecule has 0 radical (unpaired) electrons. The van der Waals surface area contributed by atoms with Crippen LogP contribution in [0.2, 0.25) is 0 Å². The molecule has 21 heavy (non-hydrogen) atoms. The van der Waals surface area contributed by atoms with Crippen LogP contribution >= 0.6 is 0 Å². The van der Waals surface area contributed by atoms with E-state index in [1.807, 2.05) is 10.9 Å². The lowest BCUT2D eigenvalue weighted by molar-refractivity contribution is 0.113. The second-order valence-electron chi connectivity index (χ2n) is 5.86. The molecule has 1 aliphatic carbocycles. The van der Waals surface area contributed by atoms with Crippen molar-refractivity contribution >= 4 is 0 Å². The van der Waals surface area contributed by atoms with Crippen LogP contribution in [-0.4, -0.2) is 59.3 Å². The fraction of sp³-hybridized carbons (Fsp3) is 0.867. The van der Waals surface area contributed by atoms with Crippen molar-refractivity contribution in [3.8, 4) is 0 Å². The Morgan fingerprint density at radius 2 is 2.29 bits per heavy atom. The largest absolute Gasteiger partial charge is 0.383 e. The summed E-state index contributed by atoms with van der Waals surface area (Å²) in [6.45, 7) is 9.86. The zero-order valence-electron chi connectivity index (χ0n) is 13.6. The molecule has 0 saturated heterocycles. The van der Waals surface area contributed by atoms with Crippen molar-refractivity contribution in [3.05, 3.63) is 11.9 Å². The Morgan fingerprint density at radius 1 is 1.48 bits per heavy atom. The lowest BCUT2D eigenvalue weighted by atomic mass is 10.2. The summed E-state index contributed by atoms with van der Waals surface area (Å²) < 4.78 is 7.19. The van der Waals surface area contributed by atoms with E-state index in [1.165, 1.54) is 12.8 Å². The first-order chi connectivity index (χ1) is 10.2. The molecular weight excluding hydrogens is 266 g/mol. The van der Waals surface area contributed by atoms with Gasteiger partial charge >= 0.3 is 0 Å². The van der Waals surface area contributed by atoms with Gasteiger partial charge in [-0.25, -0.2) is 0 Å². The highest BCUT2D eigenvalue weighted by atomic mass is 16.5. The van der Waals surface area contributed by atoms with Crippen LogP contribution in [0.1, 0.15) is 32.4 Å². The van der Waals surface area contributed by atoms with Gasteiger partial charge in [-0.3, -0.25) is 9.58 Å². The van der Waals surface area contributed by atoms with E-state index in [0.717, 1.165) is 50.9 Å². The number of nitrogens with one attached hydrogen (secondary N) is 1. The van der Waals surface area contributed by atoms with Crippen LogP contribution in [-0.2, 0) is 17.8 Å². The highest BCUT2D eigenvalue weighted by Crippen LogP contribution is 2.34. The minimum absolute atomic E-state index is 0.643. The van der Waals surface area contributed by atoms with Gasteiger partial charge in [0.1, 0.15) is 0 Å². The van der Waals surface area contributed by atoms with E-state index in [0.29, 0.717) is 6.04 Å². The van der Waals surface area contributed by atoms with E-state index in [4.69, 9.17) is 4.74 Å². The van der Waals surface area contributed by atoms with Crippen molar-refractivity contribution in [2.24, 2.45) is 5.92 Å². The maximum atomic E-state index is 5.24. The van der Waals surface area contributed by atoms with Crippen molar-refractivity contribution in [1.29, 1.82) is 0 Å². The third-order valence-electron chi connectivity index (χ3n) is 4.22. The number of hydrogen-bond acceptors (Lipinski definition) is 5. The first-order valence-electron chi connectivity index (χ1n) is 8.07. The monoisotopic (exact) mass is 295 g/mol. The summed E-state index contributed by atoms with van der Waals surface area (Å²) in [7, 11) is 1.77. The Labute approximate surface area is 127 Å². The average Bonchev–Trinajstić information content (AvgIpc) is 3.25. The normalized spacial score (nSPS) is 16.6. The molecule has 1 saturated carbocycles. The van der Waals surface area contributed by atoms with Crippen LogP contribution in [0.3, 0.4) is 0 Å². The third-order valence-corrected chi connectivity index (χ3v) is 4.22. The zero-order chi connectivity index (χ0) is 15.1. The number of rotatable bonds is 11. The van der Waals surface area contributed by atoms with Gasteiger partial charge in [0.05, 0.1) is 18.8 Å². The summed E-state index contributed by atoms with van der Waals surface area (Å²) in [5.41, 5.74) is 1.01. The van der Waals surface area contributed by atoms with Crippen LogP contribution in [0, 0.1) is 5.92 Å². The van der Waals surface area contributed by atoms with Crippen LogP contribution in [0.15, 0.2) is 6.20 Å². The molecular formula is C15H29N5O. The predicted octanol–water partition coefficient (Wildman–Crippen LogP) is 1.13. The Morgan fingerprint density at radius 3 is 2.95 bits per heavy atom. The lowest BCUT2D eigenvalue weighted by Crippen LogP contribution is -2.39. The van der Waals surface area contributed by atoms with Gasteiger partial charge in [0, 0.05) is 39.0 Å². The quantitative estimate of drug-likeness (QED) is 0.663. The van der Waals surface area contributed by atoms with Gasteiger partial charge in [-0.05, 0) is 32.2 Å². The Kier molecular flexibility index (Phi) is 6.60. The van der Waals surface area contributed by atoms with Gasteiger partial charge in [0.15, 0.2) is 0 Å². The number of methoxy groups -OCH3 is 1. The van der Waals surface area contributed by atoms with E-state index in [1.54, 1.807) is 7.11 Å². The van der Waals surface area contributed by atoms with Crippen molar-refractivity contribution in [2.45, 2.75) is 45.8 Å². The smallest absolute Gasteiger partial charge is 0.0964 e. The summed E-state index contributed by atoms with van der Waals surface area (Å²) in [4.78, 5) is 2.52. The van der Waals surface area contributed by atoms with Crippen LogP contribution < -0.4 is 5.32 Å². The number of aromatic nitrogens is 3. The Bertz CT molecular complexity index is 405. The molecule has 1 heterocycles. The van der Waals surface area contributed by atoms with E-state index in [9.17, 15) is 0 Å². The summed E-state index contributed by atoms with van der Waals surface area (Å²) in [6.07, 6.45) is 4.79. The topological polar surface area (TPSA) is 55.2 Å². The minimum Gasteiger partial charge on any atom is -0.383 e. The highest BCUT2D eigenvalue weighted by Gasteiger charge is 2.31. The minimum atomic E-state index is 0.643. The number of ether oxygens (including phenoxy) is 1. The molecule has 6 nitrogen and oxygen atoms in total. The number of hydrogen-bond donors (Lipinski definition) is 1. The van der Waals surface area contributed by atoms with Gasteiger partial charge in [-0.2, -0.15) is 0 Å². The van der Waals surface area contributed by atoms with Crippen molar-refractivity contribution in [3.63, 3.8) is 0 Å². The van der Waals surface area contributed by atoms with Gasteiger partial charge < -0.3 is 10.1 Å². The fourth-order valence-corrected chi connectivity index (χ4v) is 2.62. The maximum absolute atomic E-state index is 5.24.